The van der Waals surface area contributed by atoms with Crippen LogP contribution < -0.4 is 14.4 Å². The average molecular weight is 439 g/mol. The van der Waals surface area contributed by atoms with Crippen molar-refractivity contribution in [2.24, 2.45) is 5.41 Å². The number of ether oxygens (including phenoxy) is 3. The zero-order chi connectivity index (χ0) is 22.6. The maximum Gasteiger partial charge on any atom is 0.142 e. The molecule has 2 aromatic carbocycles. The van der Waals surface area contributed by atoms with Gasteiger partial charge in [-0.1, -0.05) is 45.0 Å². The Morgan fingerprint density at radius 1 is 1.06 bits per heavy atom. The lowest BCUT2D eigenvalue weighted by atomic mass is 9.98. The molecule has 2 aliphatic rings. The van der Waals surface area contributed by atoms with Crippen molar-refractivity contribution < 1.29 is 14.2 Å². The molecule has 2 unspecified atom stereocenters. The fourth-order valence-corrected chi connectivity index (χ4v) is 4.70. The first-order chi connectivity index (χ1) is 15.4. The highest BCUT2D eigenvalue weighted by atomic mass is 16.5. The molecule has 0 bridgehead atoms. The molecule has 0 aliphatic carbocycles. The van der Waals surface area contributed by atoms with Gasteiger partial charge in [-0.2, -0.15) is 0 Å². The van der Waals surface area contributed by atoms with Gasteiger partial charge < -0.3 is 19.1 Å². The molecule has 2 aliphatic heterocycles. The predicted molar refractivity (Wildman–Crippen MR) is 130 cm³/mol. The van der Waals surface area contributed by atoms with E-state index in [1.54, 1.807) is 7.11 Å². The first-order valence-electron chi connectivity index (χ1n) is 11.9. The highest BCUT2D eigenvalue weighted by Gasteiger charge is 2.33. The van der Waals surface area contributed by atoms with Gasteiger partial charge in [-0.05, 0) is 61.2 Å². The van der Waals surface area contributed by atoms with Crippen LogP contribution in [0.2, 0.25) is 0 Å². The number of methoxy groups -OCH3 is 1. The molecule has 5 nitrogen and oxygen atoms in total. The number of para-hydroxylation sites is 2. The van der Waals surface area contributed by atoms with Crippen molar-refractivity contribution in [1.29, 1.82) is 0 Å². The van der Waals surface area contributed by atoms with Crippen LogP contribution >= 0.6 is 0 Å². The number of nitrogens with zero attached hydrogens (tertiary/aromatic N) is 2. The van der Waals surface area contributed by atoms with Gasteiger partial charge >= 0.3 is 0 Å². The van der Waals surface area contributed by atoms with Crippen LogP contribution in [-0.4, -0.2) is 57.5 Å². The molecule has 0 N–H and O–H groups in total. The second kappa shape index (κ2) is 10.1. The highest BCUT2D eigenvalue weighted by Crippen LogP contribution is 2.40. The molecular weight excluding hydrogens is 400 g/mol. The Morgan fingerprint density at radius 3 is 2.59 bits per heavy atom. The molecule has 2 atom stereocenters. The van der Waals surface area contributed by atoms with Gasteiger partial charge in [0.05, 0.1) is 38.1 Å². The second-order valence-corrected chi connectivity index (χ2v) is 10.2. The van der Waals surface area contributed by atoms with Gasteiger partial charge in [0.15, 0.2) is 0 Å². The summed E-state index contributed by atoms with van der Waals surface area (Å²) in [5.74, 6) is 1.84. The van der Waals surface area contributed by atoms with E-state index in [4.69, 9.17) is 14.2 Å². The van der Waals surface area contributed by atoms with Crippen LogP contribution in [0.1, 0.15) is 45.2 Å². The SMILES string of the molecule is COc1cccc(C2COc3ccccc3N2CC(COCC(C)(C)C)N2CCCC2)c1. The molecule has 1 saturated heterocycles. The summed E-state index contributed by atoms with van der Waals surface area (Å²) >= 11 is 0. The predicted octanol–water partition coefficient (Wildman–Crippen LogP) is 5.16. The lowest BCUT2D eigenvalue weighted by molar-refractivity contribution is 0.0309. The number of hydrogen-bond donors (Lipinski definition) is 0. The van der Waals surface area contributed by atoms with E-state index in [-0.39, 0.29) is 11.5 Å². The Balaban J connectivity index is 1.61. The largest absolute Gasteiger partial charge is 0.497 e. The Hall–Kier alpha value is -2.24. The molecular formula is C27H38N2O3. The molecule has 0 saturated carbocycles. The smallest absolute Gasteiger partial charge is 0.142 e. The Labute approximate surface area is 193 Å². The number of hydrogen-bond acceptors (Lipinski definition) is 5. The molecule has 0 radical (unpaired) electrons. The van der Waals surface area contributed by atoms with E-state index < -0.39 is 0 Å². The zero-order valence-corrected chi connectivity index (χ0v) is 20.0. The van der Waals surface area contributed by atoms with Crippen LogP contribution in [-0.2, 0) is 4.74 Å². The van der Waals surface area contributed by atoms with Gasteiger partial charge in [-0.15, -0.1) is 0 Å². The van der Waals surface area contributed by atoms with Crippen LogP contribution in [0.3, 0.4) is 0 Å². The molecule has 1 fully saturated rings. The van der Waals surface area contributed by atoms with Crippen molar-refractivity contribution in [1.82, 2.24) is 4.90 Å². The third-order valence-corrected chi connectivity index (χ3v) is 6.34. The summed E-state index contributed by atoms with van der Waals surface area (Å²) in [4.78, 5) is 5.14. The minimum Gasteiger partial charge on any atom is -0.497 e. The van der Waals surface area contributed by atoms with Crippen LogP contribution in [0.25, 0.3) is 0 Å². The zero-order valence-electron chi connectivity index (χ0n) is 20.0. The summed E-state index contributed by atoms with van der Waals surface area (Å²) in [5.41, 5.74) is 2.55. The Morgan fingerprint density at radius 2 is 1.84 bits per heavy atom. The van der Waals surface area contributed by atoms with Crippen LogP contribution in [0.5, 0.6) is 11.5 Å². The van der Waals surface area contributed by atoms with E-state index in [0.717, 1.165) is 50.0 Å². The molecule has 0 amide bonds. The van der Waals surface area contributed by atoms with Crippen molar-refractivity contribution in [3.8, 4) is 11.5 Å². The van der Waals surface area contributed by atoms with Gasteiger partial charge in [-0.25, -0.2) is 0 Å². The molecule has 32 heavy (non-hydrogen) atoms. The standard InChI is InChI=1S/C27H38N2O3/c1-27(2,3)20-31-18-22(28-14-7-8-15-28)17-29-24-12-5-6-13-26(24)32-19-25(29)21-10-9-11-23(16-21)30-4/h5-6,9-13,16,22,25H,7-8,14-15,17-20H2,1-4H3. The van der Waals surface area contributed by atoms with Gasteiger partial charge in [0.25, 0.3) is 0 Å². The minimum absolute atomic E-state index is 0.132. The van der Waals surface area contributed by atoms with Crippen molar-refractivity contribution in [2.45, 2.75) is 45.7 Å². The quantitative estimate of drug-likeness (QED) is 0.569. The van der Waals surface area contributed by atoms with E-state index >= 15 is 0 Å². The van der Waals surface area contributed by atoms with Crippen molar-refractivity contribution in [3.05, 3.63) is 54.1 Å². The monoisotopic (exact) mass is 438 g/mol. The maximum absolute atomic E-state index is 6.26. The highest BCUT2D eigenvalue weighted by molar-refractivity contribution is 5.62. The first-order valence-corrected chi connectivity index (χ1v) is 11.9. The summed E-state index contributed by atoms with van der Waals surface area (Å²) in [7, 11) is 1.72. The molecule has 4 rings (SSSR count). The molecule has 0 spiro atoms. The molecule has 2 heterocycles. The van der Waals surface area contributed by atoms with Gasteiger partial charge in [0.1, 0.15) is 18.1 Å². The summed E-state index contributed by atoms with van der Waals surface area (Å²) in [6, 6.07) is 17.3. The number of anilines is 1. The summed E-state index contributed by atoms with van der Waals surface area (Å²) < 4.78 is 18.0. The van der Waals surface area contributed by atoms with E-state index in [0.29, 0.717) is 12.6 Å². The number of rotatable bonds is 8. The fraction of sp³-hybridized carbons (Fsp3) is 0.556. The summed E-state index contributed by atoms with van der Waals surface area (Å²) in [6.07, 6.45) is 2.55. The van der Waals surface area contributed by atoms with E-state index in [2.05, 4.69) is 67.0 Å². The average Bonchev–Trinajstić information content (AvgIpc) is 3.32. The van der Waals surface area contributed by atoms with Crippen LogP contribution in [0.4, 0.5) is 5.69 Å². The van der Waals surface area contributed by atoms with E-state index in [9.17, 15) is 0 Å². The minimum atomic E-state index is 0.132. The molecule has 5 heteroatoms. The lowest BCUT2D eigenvalue weighted by Gasteiger charge is -2.42. The third kappa shape index (κ3) is 5.57. The van der Waals surface area contributed by atoms with Crippen molar-refractivity contribution >= 4 is 5.69 Å². The number of fused-ring (bicyclic) bond motifs is 1. The van der Waals surface area contributed by atoms with Crippen LogP contribution in [0, 0.1) is 5.41 Å². The second-order valence-electron chi connectivity index (χ2n) is 10.2. The van der Waals surface area contributed by atoms with Gasteiger partial charge in [-0.3, -0.25) is 4.90 Å². The number of benzene rings is 2. The Bertz CT molecular complexity index is 873. The fourth-order valence-electron chi connectivity index (χ4n) is 4.70. The van der Waals surface area contributed by atoms with Crippen LogP contribution in [0.15, 0.2) is 48.5 Å². The number of likely N-dealkylation sites (tertiary alicyclic amines) is 1. The normalized spacial score (nSPS) is 20.0. The molecule has 174 valence electrons. The van der Waals surface area contributed by atoms with Gasteiger partial charge in [0.2, 0.25) is 0 Å². The van der Waals surface area contributed by atoms with Crippen molar-refractivity contribution in [2.75, 3.05) is 51.5 Å². The first kappa shape index (κ1) is 22.9. The van der Waals surface area contributed by atoms with E-state index in [1.807, 2.05) is 12.1 Å². The summed E-state index contributed by atoms with van der Waals surface area (Å²) in [5, 5.41) is 0. The maximum atomic E-state index is 6.26. The Kier molecular flexibility index (Phi) is 7.27. The topological polar surface area (TPSA) is 34.2 Å². The van der Waals surface area contributed by atoms with Crippen molar-refractivity contribution in [3.63, 3.8) is 0 Å². The molecule has 2 aromatic rings. The van der Waals surface area contributed by atoms with E-state index in [1.165, 1.54) is 18.4 Å². The summed E-state index contributed by atoms with van der Waals surface area (Å²) in [6.45, 7) is 12.1. The lowest BCUT2D eigenvalue weighted by Crippen LogP contribution is -2.49. The van der Waals surface area contributed by atoms with Gasteiger partial charge in [0, 0.05) is 6.54 Å². The third-order valence-electron chi connectivity index (χ3n) is 6.34. The molecule has 0 aromatic heterocycles.